The number of amides is 3. The van der Waals surface area contributed by atoms with Gasteiger partial charge in [0.2, 0.25) is 17.7 Å². The molecule has 9 N–H and O–H groups in total. The molecule has 12 nitrogen and oxygen atoms in total. The summed E-state index contributed by atoms with van der Waals surface area (Å²) in [6, 6.07) is 3.90. The molecule has 1 aromatic rings. The van der Waals surface area contributed by atoms with Crippen LogP contribution in [0, 0.1) is 0 Å². The summed E-state index contributed by atoms with van der Waals surface area (Å²) in [6.07, 6.45) is 0.566. The van der Waals surface area contributed by atoms with Crippen molar-refractivity contribution in [3.8, 4) is 0 Å². The van der Waals surface area contributed by atoms with Crippen LogP contribution in [0.5, 0.6) is 0 Å². The van der Waals surface area contributed by atoms with Crippen LogP contribution in [0.2, 0.25) is 0 Å². The van der Waals surface area contributed by atoms with Crippen LogP contribution >= 0.6 is 0 Å². The molecule has 0 saturated carbocycles. The Hall–Kier alpha value is -3.51. The van der Waals surface area contributed by atoms with Crippen LogP contribution in [-0.4, -0.2) is 70.6 Å². The lowest BCUT2D eigenvalue weighted by atomic mass is 10.0. The maximum absolute atomic E-state index is 13.0. The van der Waals surface area contributed by atoms with Gasteiger partial charge in [-0.15, -0.1) is 0 Å². The van der Waals surface area contributed by atoms with Crippen LogP contribution in [0.4, 0.5) is 0 Å². The van der Waals surface area contributed by atoms with E-state index in [1.54, 1.807) is 30.3 Å². The van der Waals surface area contributed by atoms with Gasteiger partial charge in [0.15, 0.2) is 0 Å². The minimum atomic E-state index is -1.68. The second-order valence-corrected chi connectivity index (χ2v) is 7.88. The van der Waals surface area contributed by atoms with E-state index in [-0.39, 0.29) is 12.8 Å². The Morgan fingerprint density at radius 1 is 0.853 bits per heavy atom. The predicted molar refractivity (Wildman–Crippen MR) is 122 cm³/mol. The van der Waals surface area contributed by atoms with Gasteiger partial charge in [-0.1, -0.05) is 30.3 Å². The van der Waals surface area contributed by atoms with Gasteiger partial charge in [-0.05, 0) is 38.3 Å². The van der Waals surface area contributed by atoms with Crippen molar-refractivity contribution in [3.63, 3.8) is 0 Å². The van der Waals surface area contributed by atoms with Crippen molar-refractivity contribution in [1.82, 2.24) is 16.0 Å². The van der Waals surface area contributed by atoms with E-state index in [1.807, 2.05) is 0 Å². The van der Waals surface area contributed by atoms with E-state index in [9.17, 15) is 29.1 Å². The Morgan fingerprint density at radius 3 is 1.94 bits per heavy atom. The third kappa shape index (κ3) is 10.4. The molecule has 0 fully saturated rings. The number of carboxylic acids is 2. The lowest BCUT2D eigenvalue weighted by Gasteiger charge is -2.25. The molecular weight excluding hydrogens is 446 g/mol. The molecule has 0 saturated heterocycles. The van der Waals surface area contributed by atoms with Gasteiger partial charge in [-0.25, -0.2) is 4.79 Å². The second kappa shape index (κ2) is 14.6. The van der Waals surface area contributed by atoms with Crippen molar-refractivity contribution < 1.29 is 34.2 Å². The molecule has 0 aromatic heterocycles. The van der Waals surface area contributed by atoms with Crippen LogP contribution in [-0.2, 0) is 30.4 Å². The third-order valence-electron chi connectivity index (χ3n) is 4.90. The molecular formula is C22H33N5O7. The lowest BCUT2D eigenvalue weighted by Crippen LogP contribution is -2.57. The number of unbranched alkanes of at least 4 members (excludes halogenated alkanes) is 1. The normalized spacial score (nSPS) is 14.2. The fraction of sp³-hybridized carbons (Fsp3) is 0.500. The first-order valence-electron chi connectivity index (χ1n) is 10.9. The topological polar surface area (TPSA) is 214 Å². The predicted octanol–water partition coefficient (Wildman–Crippen LogP) is -1.28. The average molecular weight is 480 g/mol. The number of nitrogens with two attached hydrogens (primary N) is 2. The number of hydrogen-bond donors (Lipinski definition) is 7. The summed E-state index contributed by atoms with van der Waals surface area (Å²) in [7, 11) is 0. The highest BCUT2D eigenvalue weighted by Crippen LogP contribution is 2.07. The minimum absolute atomic E-state index is 0.00851. The van der Waals surface area contributed by atoms with Gasteiger partial charge in [0.25, 0.3) is 0 Å². The second-order valence-electron chi connectivity index (χ2n) is 7.88. The summed E-state index contributed by atoms with van der Waals surface area (Å²) in [4.78, 5) is 60.3. The Balaban J connectivity index is 3.09. The molecule has 0 spiro atoms. The Labute approximate surface area is 197 Å². The van der Waals surface area contributed by atoms with Crippen molar-refractivity contribution in [3.05, 3.63) is 35.9 Å². The maximum atomic E-state index is 13.0. The van der Waals surface area contributed by atoms with Crippen LogP contribution < -0.4 is 27.4 Å². The molecule has 0 heterocycles. The van der Waals surface area contributed by atoms with Crippen LogP contribution in [0.15, 0.2) is 30.3 Å². The highest BCUT2D eigenvalue weighted by atomic mass is 16.4. The molecule has 3 amide bonds. The van der Waals surface area contributed by atoms with E-state index in [0.717, 1.165) is 0 Å². The van der Waals surface area contributed by atoms with Gasteiger partial charge < -0.3 is 37.6 Å². The molecule has 0 radical (unpaired) electrons. The largest absolute Gasteiger partial charge is 0.481 e. The summed E-state index contributed by atoms with van der Waals surface area (Å²) in [5, 5.41) is 25.4. The first-order chi connectivity index (χ1) is 16.0. The summed E-state index contributed by atoms with van der Waals surface area (Å²) in [5.74, 6) is -5.01. The fourth-order valence-corrected chi connectivity index (χ4v) is 3.04. The van der Waals surface area contributed by atoms with Crippen LogP contribution in [0.1, 0.15) is 38.2 Å². The number of carbonyl (C=O) groups excluding carboxylic acids is 3. The lowest BCUT2D eigenvalue weighted by molar-refractivity contribution is -0.147. The van der Waals surface area contributed by atoms with Gasteiger partial charge in [0.05, 0.1) is 12.5 Å². The number of carbonyl (C=O) groups is 5. The molecule has 0 bridgehead atoms. The van der Waals surface area contributed by atoms with Crippen molar-refractivity contribution >= 4 is 29.7 Å². The molecule has 0 aliphatic carbocycles. The van der Waals surface area contributed by atoms with Gasteiger partial charge in [-0.3, -0.25) is 19.2 Å². The Bertz CT molecular complexity index is 847. The number of benzene rings is 1. The van der Waals surface area contributed by atoms with Crippen LogP contribution in [0.25, 0.3) is 0 Å². The fourth-order valence-electron chi connectivity index (χ4n) is 3.04. The summed E-state index contributed by atoms with van der Waals surface area (Å²) in [6.45, 7) is 1.86. The van der Waals surface area contributed by atoms with Gasteiger partial charge in [0.1, 0.15) is 18.1 Å². The van der Waals surface area contributed by atoms with E-state index in [4.69, 9.17) is 16.6 Å². The Kier molecular flexibility index (Phi) is 12.2. The van der Waals surface area contributed by atoms with Crippen molar-refractivity contribution in [2.75, 3.05) is 6.54 Å². The van der Waals surface area contributed by atoms with Crippen molar-refractivity contribution in [2.24, 2.45) is 11.5 Å². The monoisotopic (exact) mass is 479 g/mol. The highest BCUT2D eigenvalue weighted by molar-refractivity contribution is 5.94. The molecule has 4 atom stereocenters. The average Bonchev–Trinajstić information content (AvgIpc) is 2.77. The minimum Gasteiger partial charge on any atom is -0.481 e. The number of hydrogen-bond acceptors (Lipinski definition) is 7. The molecule has 0 aliphatic heterocycles. The van der Waals surface area contributed by atoms with E-state index in [0.29, 0.717) is 24.9 Å². The quantitative estimate of drug-likeness (QED) is 0.149. The maximum Gasteiger partial charge on any atom is 0.326 e. The molecule has 0 aliphatic rings. The summed E-state index contributed by atoms with van der Waals surface area (Å²) >= 11 is 0. The summed E-state index contributed by atoms with van der Waals surface area (Å²) in [5.41, 5.74) is 11.8. The zero-order chi connectivity index (χ0) is 25.7. The smallest absolute Gasteiger partial charge is 0.326 e. The number of nitrogens with one attached hydrogen (secondary N) is 3. The van der Waals surface area contributed by atoms with Gasteiger partial charge in [-0.2, -0.15) is 0 Å². The molecule has 1 rings (SSSR count). The summed E-state index contributed by atoms with van der Waals surface area (Å²) < 4.78 is 0. The zero-order valence-electron chi connectivity index (χ0n) is 19.0. The van der Waals surface area contributed by atoms with Crippen molar-refractivity contribution in [2.45, 2.75) is 63.2 Å². The third-order valence-corrected chi connectivity index (χ3v) is 4.90. The first kappa shape index (κ1) is 28.5. The standard InChI is InChI=1S/C22H33N5O7/c1-13(24)19(30)25-15(9-5-6-10-23)20(31)26-16(11-14-7-3-2-4-8-14)21(32)27-17(22(33)34)12-18(28)29/h2-4,7-8,13,15-17H,5-6,9-12,23-24H2,1H3,(H,25,30)(H,26,31)(H,27,32)(H,28,29)(H,33,34). The number of rotatable bonds is 15. The van der Waals surface area contributed by atoms with Crippen LogP contribution in [0.3, 0.4) is 0 Å². The molecule has 1 aromatic carbocycles. The molecule has 4 unspecified atom stereocenters. The van der Waals surface area contributed by atoms with E-state index >= 15 is 0 Å². The molecule has 188 valence electrons. The molecule has 34 heavy (non-hydrogen) atoms. The van der Waals surface area contributed by atoms with E-state index < -0.39 is 60.2 Å². The van der Waals surface area contributed by atoms with Gasteiger partial charge in [0, 0.05) is 6.42 Å². The number of aliphatic carboxylic acids is 2. The first-order valence-corrected chi connectivity index (χ1v) is 10.9. The van der Waals surface area contributed by atoms with Gasteiger partial charge >= 0.3 is 11.9 Å². The Morgan fingerprint density at radius 2 is 1.41 bits per heavy atom. The van der Waals surface area contributed by atoms with E-state index in [1.165, 1.54) is 6.92 Å². The van der Waals surface area contributed by atoms with E-state index in [2.05, 4.69) is 16.0 Å². The highest BCUT2D eigenvalue weighted by Gasteiger charge is 2.30. The number of carboxylic acid groups (broad SMARTS) is 2. The molecule has 12 heteroatoms. The van der Waals surface area contributed by atoms with Crippen molar-refractivity contribution in [1.29, 1.82) is 0 Å². The SMILES string of the molecule is CC(N)C(=O)NC(CCCCN)C(=O)NC(Cc1ccccc1)C(=O)NC(CC(=O)O)C(=O)O. The zero-order valence-corrected chi connectivity index (χ0v) is 19.0.